The van der Waals surface area contributed by atoms with Gasteiger partial charge in [-0.3, -0.25) is 0 Å². The first kappa shape index (κ1) is 19.3. The number of aryl methyl sites for hydroxylation is 2. The molecule has 1 heteroatoms. The predicted molar refractivity (Wildman–Crippen MR) is 105 cm³/mol. The minimum absolute atomic E-state index is 0.445. The molecule has 0 bridgehead atoms. The fourth-order valence-corrected chi connectivity index (χ4v) is 3.47. The van der Waals surface area contributed by atoms with E-state index in [1.54, 1.807) is 0 Å². The third-order valence-electron chi connectivity index (χ3n) is 5.62. The Balaban J connectivity index is 1.65. The maximum absolute atomic E-state index is 10.3. The van der Waals surface area contributed by atoms with Crippen molar-refractivity contribution in [1.82, 2.24) is 0 Å². The number of unbranched alkanes of at least 4 members (excludes halogenated alkanes) is 3. The normalized spacial score (nSPS) is 16.3. The molecule has 0 unspecified atom stereocenters. The third kappa shape index (κ3) is 7.28. The second kappa shape index (κ2) is 8.41. The first-order valence-corrected chi connectivity index (χ1v) is 10.1. The van der Waals surface area contributed by atoms with Crippen molar-refractivity contribution in [2.45, 2.75) is 98.3 Å². The fraction of sp³-hybridized carbons (Fsp3) is 0.739. The monoisotopic (exact) mass is 330 g/mol. The van der Waals surface area contributed by atoms with E-state index in [0.29, 0.717) is 16.6 Å². The SMILES string of the molecule is CC(C)(C)CCCCCc1ccc(CCCCC2(C)CC2)cc1O. The fourth-order valence-electron chi connectivity index (χ4n) is 3.47. The van der Waals surface area contributed by atoms with Gasteiger partial charge in [-0.15, -0.1) is 0 Å². The highest BCUT2D eigenvalue weighted by Crippen LogP contribution is 2.49. The Morgan fingerprint density at radius 2 is 1.67 bits per heavy atom. The molecule has 0 atom stereocenters. The van der Waals surface area contributed by atoms with Gasteiger partial charge >= 0.3 is 0 Å². The lowest BCUT2D eigenvalue weighted by atomic mass is 9.89. The molecule has 0 saturated heterocycles. The average molecular weight is 331 g/mol. The van der Waals surface area contributed by atoms with E-state index in [1.807, 2.05) is 6.07 Å². The molecule has 0 spiro atoms. The van der Waals surface area contributed by atoms with Gasteiger partial charge in [0.2, 0.25) is 0 Å². The van der Waals surface area contributed by atoms with Crippen LogP contribution in [0.4, 0.5) is 0 Å². The van der Waals surface area contributed by atoms with Crippen molar-refractivity contribution in [3.63, 3.8) is 0 Å². The molecule has 1 aromatic carbocycles. The Morgan fingerprint density at radius 3 is 2.29 bits per heavy atom. The zero-order chi connectivity index (χ0) is 17.6. The topological polar surface area (TPSA) is 20.2 Å². The molecule has 0 aromatic heterocycles. The smallest absolute Gasteiger partial charge is 0.119 e. The number of hydrogen-bond acceptors (Lipinski definition) is 1. The summed E-state index contributed by atoms with van der Waals surface area (Å²) in [5, 5.41) is 10.3. The summed E-state index contributed by atoms with van der Waals surface area (Å²) in [5.74, 6) is 0.512. The summed E-state index contributed by atoms with van der Waals surface area (Å²) < 4.78 is 0. The van der Waals surface area contributed by atoms with Crippen LogP contribution >= 0.6 is 0 Å². The van der Waals surface area contributed by atoms with Crippen LogP contribution in [0.5, 0.6) is 5.75 Å². The summed E-state index contributed by atoms with van der Waals surface area (Å²) in [4.78, 5) is 0. The molecule has 0 heterocycles. The Kier molecular flexibility index (Phi) is 6.78. The van der Waals surface area contributed by atoms with Crippen LogP contribution in [-0.4, -0.2) is 5.11 Å². The summed E-state index contributed by atoms with van der Waals surface area (Å²) in [6.45, 7) is 9.34. The van der Waals surface area contributed by atoms with Crippen molar-refractivity contribution in [3.8, 4) is 5.75 Å². The van der Waals surface area contributed by atoms with E-state index in [-0.39, 0.29) is 0 Å². The molecule has 1 aliphatic carbocycles. The molecule has 0 radical (unpaired) electrons. The van der Waals surface area contributed by atoms with Crippen LogP contribution in [-0.2, 0) is 12.8 Å². The van der Waals surface area contributed by atoms with Gasteiger partial charge in [0.1, 0.15) is 5.75 Å². The molecule has 0 aliphatic heterocycles. The molecule has 1 fully saturated rings. The zero-order valence-corrected chi connectivity index (χ0v) is 16.5. The van der Waals surface area contributed by atoms with Gasteiger partial charge in [-0.2, -0.15) is 0 Å². The minimum atomic E-state index is 0.445. The van der Waals surface area contributed by atoms with E-state index >= 15 is 0 Å². The van der Waals surface area contributed by atoms with Gasteiger partial charge in [-0.25, -0.2) is 0 Å². The summed E-state index contributed by atoms with van der Waals surface area (Å²) in [7, 11) is 0. The standard InChI is InChI=1S/C23H38O/c1-22(2,3)14-8-5-6-11-20-13-12-19(18-21(20)24)10-7-9-15-23(4)16-17-23/h12-13,18,24H,5-11,14-17H2,1-4H3. The van der Waals surface area contributed by atoms with Crippen LogP contribution in [0, 0.1) is 10.8 Å². The lowest BCUT2D eigenvalue weighted by Gasteiger charge is -2.17. The molecule has 1 saturated carbocycles. The molecule has 1 N–H and O–H groups in total. The predicted octanol–water partition coefficient (Wildman–Crippen LogP) is 7.05. The zero-order valence-electron chi connectivity index (χ0n) is 16.5. The number of benzene rings is 1. The molecular weight excluding hydrogens is 292 g/mol. The lowest BCUT2D eigenvalue weighted by molar-refractivity contribution is 0.358. The van der Waals surface area contributed by atoms with E-state index in [1.165, 1.54) is 63.4 Å². The van der Waals surface area contributed by atoms with Crippen molar-refractivity contribution in [2.75, 3.05) is 0 Å². The van der Waals surface area contributed by atoms with Crippen molar-refractivity contribution < 1.29 is 5.11 Å². The van der Waals surface area contributed by atoms with Gasteiger partial charge in [0, 0.05) is 0 Å². The maximum atomic E-state index is 10.3. The Morgan fingerprint density at radius 1 is 0.958 bits per heavy atom. The third-order valence-corrected chi connectivity index (χ3v) is 5.62. The summed E-state index contributed by atoms with van der Waals surface area (Å²) in [5.41, 5.74) is 3.55. The second-order valence-electron chi connectivity index (χ2n) is 9.60. The van der Waals surface area contributed by atoms with Crippen molar-refractivity contribution in [3.05, 3.63) is 29.3 Å². The molecular formula is C23H38O. The second-order valence-corrected chi connectivity index (χ2v) is 9.60. The van der Waals surface area contributed by atoms with Crippen LogP contribution in [0.2, 0.25) is 0 Å². The lowest BCUT2D eigenvalue weighted by Crippen LogP contribution is -2.04. The molecule has 1 aromatic rings. The Labute approximate surface area is 149 Å². The molecule has 0 amide bonds. The highest BCUT2D eigenvalue weighted by atomic mass is 16.3. The summed E-state index contributed by atoms with van der Waals surface area (Å²) in [6, 6.07) is 6.38. The summed E-state index contributed by atoms with van der Waals surface area (Å²) in [6.07, 6.45) is 14.0. The number of aromatic hydroxyl groups is 1. The molecule has 24 heavy (non-hydrogen) atoms. The van der Waals surface area contributed by atoms with Gasteiger partial charge in [-0.1, -0.05) is 59.1 Å². The molecule has 136 valence electrons. The average Bonchev–Trinajstić information content (AvgIpc) is 3.22. The molecule has 1 nitrogen and oxygen atoms in total. The number of phenolic OH excluding ortho intramolecular Hbond substituents is 1. The van der Waals surface area contributed by atoms with E-state index in [2.05, 4.69) is 39.8 Å². The highest BCUT2D eigenvalue weighted by molar-refractivity contribution is 5.36. The molecule has 2 rings (SSSR count). The quantitative estimate of drug-likeness (QED) is 0.455. The van der Waals surface area contributed by atoms with Crippen molar-refractivity contribution in [1.29, 1.82) is 0 Å². The number of phenols is 1. The van der Waals surface area contributed by atoms with E-state index < -0.39 is 0 Å². The van der Waals surface area contributed by atoms with Crippen LogP contribution < -0.4 is 0 Å². The van der Waals surface area contributed by atoms with Gasteiger partial charge in [0.05, 0.1) is 0 Å². The van der Waals surface area contributed by atoms with E-state index in [9.17, 15) is 5.11 Å². The minimum Gasteiger partial charge on any atom is -0.508 e. The Hall–Kier alpha value is -0.980. The summed E-state index contributed by atoms with van der Waals surface area (Å²) >= 11 is 0. The van der Waals surface area contributed by atoms with Crippen molar-refractivity contribution in [2.24, 2.45) is 10.8 Å². The van der Waals surface area contributed by atoms with Crippen LogP contribution in [0.25, 0.3) is 0 Å². The van der Waals surface area contributed by atoms with E-state index in [4.69, 9.17) is 0 Å². The van der Waals surface area contributed by atoms with Gasteiger partial charge in [-0.05, 0) is 79.4 Å². The number of hydrogen-bond donors (Lipinski definition) is 1. The van der Waals surface area contributed by atoms with E-state index in [0.717, 1.165) is 18.4 Å². The number of rotatable bonds is 10. The highest BCUT2D eigenvalue weighted by Gasteiger charge is 2.35. The van der Waals surface area contributed by atoms with Gasteiger partial charge in [0.25, 0.3) is 0 Å². The van der Waals surface area contributed by atoms with Gasteiger partial charge < -0.3 is 5.11 Å². The molecule has 1 aliphatic rings. The van der Waals surface area contributed by atoms with Crippen LogP contribution in [0.1, 0.15) is 96.6 Å². The van der Waals surface area contributed by atoms with Crippen molar-refractivity contribution >= 4 is 0 Å². The Bertz CT molecular complexity index is 505. The maximum Gasteiger partial charge on any atom is 0.119 e. The van der Waals surface area contributed by atoms with Crippen LogP contribution in [0.15, 0.2) is 18.2 Å². The first-order valence-electron chi connectivity index (χ1n) is 10.1. The van der Waals surface area contributed by atoms with Gasteiger partial charge in [0.15, 0.2) is 0 Å². The largest absolute Gasteiger partial charge is 0.508 e. The first-order chi connectivity index (χ1) is 11.3. The van der Waals surface area contributed by atoms with Crippen LogP contribution in [0.3, 0.4) is 0 Å².